The molecule has 0 bridgehead atoms. The van der Waals surface area contributed by atoms with Crippen molar-refractivity contribution in [1.29, 1.82) is 0 Å². The zero-order valence-corrected chi connectivity index (χ0v) is 13.0. The molecule has 106 valence electrons. The van der Waals surface area contributed by atoms with Crippen molar-refractivity contribution >= 4 is 44.4 Å². The van der Waals surface area contributed by atoms with Crippen molar-refractivity contribution < 1.29 is 13.2 Å². The van der Waals surface area contributed by atoms with Gasteiger partial charge in [0.1, 0.15) is 0 Å². The Morgan fingerprint density at radius 3 is 2.40 bits per heavy atom. The summed E-state index contributed by atoms with van der Waals surface area (Å²) in [6.07, 6.45) is 0. The van der Waals surface area contributed by atoms with Crippen LogP contribution in [0.15, 0.2) is 35.7 Å². The molecule has 7 heteroatoms. The predicted octanol–water partition coefficient (Wildman–Crippen LogP) is 3.39. The van der Waals surface area contributed by atoms with Crippen LogP contribution in [0.3, 0.4) is 0 Å². The lowest BCUT2D eigenvalue weighted by molar-refractivity contribution is 0.104. The summed E-state index contributed by atoms with van der Waals surface area (Å²) >= 11 is 7.20. The maximum absolute atomic E-state index is 12.2. The quantitative estimate of drug-likeness (QED) is 0.855. The molecule has 0 atom stereocenters. The van der Waals surface area contributed by atoms with Crippen molar-refractivity contribution in [2.24, 2.45) is 0 Å². The van der Waals surface area contributed by atoms with Gasteiger partial charge in [0.2, 0.25) is 15.8 Å². The zero-order valence-electron chi connectivity index (χ0n) is 10.6. The summed E-state index contributed by atoms with van der Waals surface area (Å²) in [4.78, 5) is 12.6. The van der Waals surface area contributed by atoms with Gasteiger partial charge in [0, 0.05) is 11.3 Å². The van der Waals surface area contributed by atoms with E-state index in [0.717, 1.165) is 0 Å². The van der Waals surface area contributed by atoms with Crippen LogP contribution in [0.5, 0.6) is 0 Å². The van der Waals surface area contributed by atoms with E-state index in [1.807, 2.05) is 0 Å². The fourth-order valence-electron chi connectivity index (χ4n) is 1.53. The van der Waals surface area contributed by atoms with Gasteiger partial charge in [-0.05, 0) is 42.6 Å². The Balaban J connectivity index is 2.21. The van der Waals surface area contributed by atoms with Gasteiger partial charge in [-0.15, -0.1) is 11.3 Å². The first-order chi connectivity index (χ1) is 9.43. The lowest BCUT2D eigenvalue weighted by Crippen LogP contribution is -2.14. The van der Waals surface area contributed by atoms with E-state index in [1.54, 1.807) is 42.6 Å². The van der Waals surface area contributed by atoms with Gasteiger partial charge in [0.05, 0.1) is 15.7 Å². The number of benzene rings is 1. The first-order valence-electron chi connectivity index (χ1n) is 5.81. The summed E-state index contributed by atoms with van der Waals surface area (Å²) in [5.74, 6) is -0.173. The fraction of sp³-hybridized carbons (Fsp3) is 0.154. The molecule has 2 rings (SSSR count). The molecular weight excluding hydrogens is 318 g/mol. The highest BCUT2D eigenvalue weighted by atomic mass is 35.5. The van der Waals surface area contributed by atoms with Crippen LogP contribution in [0.4, 0.5) is 5.69 Å². The van der Waals surface area contributed by atoms with E-state index >= 15 is 0 Å². The lowest BCUT2D eigenvalue weighted by atomic mass is 10.1. The number of anilines is 1. The number of rotatable bonds is 5. The Labute approximate surface area is 126 Å². The lowest BCUT2D eigenvalue weighted by Gasteiger charge is -2.06. The van der Waals surface area contributed by atoms with Crippen molar-refractivity contribution in [1.82, 2.24) is 0 Å². The van der Waals surface area contributed by atoms with Crippen LogP contribution in [0, 0.1) is 0 Å². The molecule has 0 spiro atoms. The Kier molecular flexibility index (Phi) is 4.47. The largest absolute Gasteiger partial charge is 0.288 e. The Morgan fingerprint density at radius 1 is 1.25 bits per heavy atom. The molecule has 4 nitrogen and oxygen atoms in total. The average molecular weight is 330 g/mol. The van der Waals surface area contributed by atoms with Crippen LogP contribution in [-0.2, 0) is 10.0 Å². The number of sulfonamides is 1. The monoisotopic (exact) mass is 329 g/mol. The van der Waals surface area contributed by atoms with Crippen molar-refractivity contribution in [2.75, 3.05) is 10.5 Å². The second-order valence-electron chi connectivity index (χ2n) is 4.01. The summed E-state index contributed by atoms with van der Waals surface area (Å²) in [7, 11) is -3.31. The van der Waals surface area contributed by atoms with Gasteiger partial charge in [0.15, 0.2) is 0 Å². The van der Waals surface area contributed by atoms with E-state index in [-0.39, 0.29) is 11.5 Å². The third-order valence-electron chi connectivity index (χ3n) is 2.62. The number of hydrogen-bond donors (Lipinski definition) is 1. The Bertz CT molecular complexity index is 720. The molecule has 20 heavy (non-hydrogen) atoms. The van der Waals surface area contributed by atoms with E-state index in [2.05, 4.69) is 4.72 Å². The van der Waals surface area contributed by atoms with Crippen LogP contribution >= 0.6 is 22.9 Å². The van der Waals surface area contributed by atoms with Crippen molar-refractivity contribution in [3.8, 4) is 0 Å². The summed E-state index contributed by atoms with van der Waals surface area (Å²) < 4.78 is 25.3. The van der Waals surface area contributed by atoms with Crippen LogP contribution < -0.4 is 4.72 Å². The number of carbonyl (C=O) groups excluding carboxylic acids is 1. The van der Waals surface area contributed by atoms with Gasteiger partial charge < -0.3 is 0 Å². The molecule has 1 aromatic heterocycles. The molecule has 2 aromatic rings. The SMILES string of the molecule is CCS(=O)(=O)Nc1ccc(C(=O)c2sccc2Cl)cc1. The molecule has 0 saturated heterocycles. The van der Waals surface area contributed by atoms with Crippen molar-refractivity contribution in [3.63, 3.8) is 0 Å². The van der Waals surface area contributed by atoms with Gasteiger partial charge in [0.25, 0.3) is 0 Å². The predicted molar refractivity (Wildman–Crippen MR) is 82.3 cm³/mol. The number of nitrogens with one attached hydrogen (secondary N) is 1. The third-order valence-corrected chi connectivity index (χ3v) is 5.27. The van der Waals surface area contributed by atoms with Crippen LogP contribution in [0.25, 0.3) is 0 Å². The minimum Gasteiger partial charge on any atom is -0.288 e. The zero-order chi connectivity index (χ0) is 14.8. The first-order valence-corrected chi connectivity index (χ1v) is 8.72. The van der Waals surface area contributed by atoms with E-state index in [9.17, 15) is 13.2 Å². The Morgan fingerprint density at radius 2 is 1.90 bits per heavy atom. The van der Waals surface area contributed by atoms with Crippen LogP contribution in [0.1, 0.15) is 22.2 Å². The summed E-state index contributed by atoms with van der Waals surface area (Å²) in [5.41, 5.74) is 0.898. The second kappa shape index (κ2) is 5.95. The highest BCUT2D eigenvalue weighted by Gasteiger charge is 2.14. The summed E-state index contributed by atoms with van der Waals surface area (Å²) in [6.45, 7) is 1.55. The van der Waals surface area contributed by atoms with E-state index in [1.165, 1.54) is 11.3 Å². The third kappa shape index (κ3) is 3.39. The van der Waals surface area contributed by atoms with Crippen molar-refractivity contribution in [3.05, 3.63) is 51.2 Å². The molecule has 0 aliphatic rings. The minimum atomic E-state index is -3.31. The molecule has 0 fully saturated rings. The maximum atomic E-state index is 12.2. The molecule has 0 amide bonds. The molecule has 0 radical (unpaired) electrons. The summed E-state index contributed by atoms with van der Waals surface area (Å²) in [6, 6.07) is 7.94. The Hall–Kier alpha value is -1.37. The molecule has 0 aliphatic heterocycles. The van der Waals surface area contributed by atoms with Gasteiger partial charge in [-0.1, -0.05) is 11.6 Å². The fourth-order valence-corrected chi connectivity index (χ4v) is 3.27. The molecule has 1 heterocycles. The van der Waals surface area contributed by atoms with Gasteiger partial charge in [-0.25, -0.2) is 8.42 Å². The van der Waals surface area contributed by atoms with Crippen LogP contribution in [0.2, 0.25) is 5.02 Å². The van der Waals surface area contributed by atoms with Crippen molar-refractivity contribution in [2.45, 2.75) is 6.92 Å². The molecule has 0 unspecified atom stereocenters. The van der Waals surface area contributed by atoms with E-state index in [0.29, 0.717) is 21.2 Å². The normalized spacial score (nSPS) is 11.3. The van der Waals surface area contributed by atoms with Gasteiger partial charge in [-0.2, -0.15) is 0 Å². The van der Waals surface area contributed by atoms with E-state index < -0.39 is 10.0 Å². The van der Waals surface area contributed by atoms with Gasteiger partial charge in [-0.3, -0.25) is 9.52 Å². The maximum Gasteiger partial charge on any atom is 0.232 e. The van der Waals surface area contributed by atoms with Gasteiger partial charge >= 0.3 is 0 Å². The number of ketones is 1. The highest BCUT2D eigenvalue weighted by molar-refractivity contribution is 7.92. The van der Waals surface area contributed by atoms with E-state index in [4.69, 9.17) is 11.6 Å². The molecule has 0 aliphatic carbocycles. The summed E-state index contributed by atoms with van der Waals surface area (Å²) in [5, 5.41) is 2.18. The standard InChI is InChI=1S/C13H12ClNO3S2/c1-2-20(17,18)15-10-5-3-9(4-6-10)12(16)13-11(14)7-8-19-13/h3-8,15H,2H2,1H3. The molecule has 0 saturated carbocycles. The average Bonchev–Trinajstić information content (AvgIpc) is 2.85. The number of thiophene rings is 1. The molecule has 1 aromatic carbocycles. The number of hydrogen-bond acceptors (Lipinski definition) is 4. The number of carbonyl (C=O) groups is 1. The topological polar surface area (TPSA) is 63.2 Å². The molecular formula is C13H12ClNO3S2. The smallest absolute Gasteiger partial charge is 0.232 e. The molecule has 1 N–H and O–H groups in total. The minimum absolute atomic E-state index is 0.00150. The first kappa shape index (κ1) is 15.0. The van der Waals surface area contributed by atoms with Crippen LogP contribution in [-0.4, -0.2) is 20.0 Å². The highest BCUT2D eigenvalue weighted by Crippen LogP contribution is 2.25. The second-order valence-corrected chi connectivity index (χ2v) is 7.34. The number of halogens is 1.